The highest BCUT2D eigenvalue weighted by atomic mass is 35.5. The predicted octanol–water partition coefficient (Wildman–Crippen LogP) is 2.96. The summed E-state index contributed by atoms with van der Waals surface area (Å²) in [6.45, 7) is 0. The standard InChI is InChI=1S/C14H11ClN6S/c1-20-11-4-3-9(15)7-10(11)17-12(20)8-22-14-18-13-16-5-2-6-21(13)19-14/h2-7H,8H2,1H3. The Kier molecular flexibility index (Phi) is 3.24. The molecule has 0 saturated heterocycles. The van der Waals surface area contributed by atoms with Crippen LogP contribution in [-0.4, -0.2) is 29.1 Å². The molecule has 0 spiro atoms. The molecule has 0 fully saturated rings. The quantitative estimate of drug-likeness (QED) is 0.540. The Hall–Kier alpha value is -2.12. The third-order valence-corrected chi connectivity index (χ3v) is 4.43. The van der Waals surface area contributed by atoms with Crippen LogP contribution in [0.15, 0.2) is 41.8 Å². The van der Waals surface area contributed by atoms with E-state index in [2.05, 4.69) is 24.6 Å². The number of halogens is 1. The Bertz CT molecular complexity index is 943. The van der Waals surface area contributed by atoms with Gasteiger partial charge in [0, 0.05) is 24.5 Å². The van der Waals surface area contributed by atoms with E-state index in [4.69, 9.17) is 11.6 Å². The number of hydrogen-bond donors (Lipinski definition) is 0. The lowest BCUT2D eigenvalue weighted by atomic mass is 10.3. The summed E-state index contributed by atoms with van der Waals surface area (Å²) in [5.41, 5.74) is 1.96. The zero-order valence-corrected chi connectivity index (χ0v) is 13.2. The van der Waals surface area contributed by atoms with E-state index in [-0.39, 0.29) is 0 Å². The Morgan fingerprint density at radius 1 is 1.27 bits per heavy atom. The van der Waals surface area contributed by atoms with Crippen LogP contribution in [0.1, 0.15) is 5.82 Å². The smallest absolute Gasteiger partial charge is 0.253 e. The van der Waals surface area contributed by atoms with E-state index in [0.29, 0.717) is 21.7 Å². The van der Waals surface area contributed by atoms with Crippen molar-refractivity contribution in [1.29, 1.82) is 0 Å². The van der Waals surface area contributed by atoms with Gasteiger partial charge in [0.25, 0.3) is 5.78 Å². The Balaban J connectivity index is 1.62. The molecule has 6 nitrogen and oxygen atoms in total. The van der Waals surface area contributed by atoms with Crippen LogP contribution in [0.5, 0.6) is 0 Å². The average Bonchev–Trinajstić information content (AvgIpc) is 3.06. The van der Waals surface area contributed by atoms with Gasteiger partial charge >= 0.3 is 0 Å². The van der Waals surface area contributed by atoms with E-state index in [0.717, 1.165) is 16.9 Å². The van der Waals surface area contributed by atoms with Gasteiger partial charge in [0.05, 0.1) is 16.8 Å². The van der Waals surface area contributed by atoms with E-state index >= 15 is 0 Å². The normalized spacial score (nSPS) is 11.5. The maximum atomic E-state index is 6.01. The molecule has 0 atom stereocenters. The second-order valence-corrected chi connectivity index (χ2v) is 6.15. The highest BCUT2D eigenvalue weighted by Gasteiger charge is 2.11. The largest absolute Gasteiger partial charge is 0.330 e. The molecule has 0 aliphatic rings. The fraction of sp³-hybridized carbons (Fsp3) is 0.143. The van der Waals surface area contributed by atoms with E-state index in [1.165, 1.54) is 11.8 Å². The van der Waals surface area contributed by atoms with Gasteiger partial charge in [0.2, 0.25) is 5.16 Å². The lowest BCUT2D eigenvalue weighted by Gasteiger charge is -1.99. The van der Waals surface area contributed by atoms with Crippen LogP contribution >= 0.6 is 23.4 Å². The van der Waals surface area contributed by atoms with E-state index < -0.39 is 0 Å². The number of nitrogens with zero attached hydrogens (tertiary/aromatic N) is 6. The minimum absolute atomic E-state index is 0.599. The van der Waals surface area contributed by atoms with Gasteiger partial charge in [0.1, 0.15) is 5.82 Å². The average molecular weight is 331 g/mol. The summed E-state index contributed by atoms with van der Waals surface area (Å²) >= 11 is 7.55. The van der Waals surface area contributed by atoms with Crippen LogP contribution in [0.25, 0.3) is 16.8 Å². The van der Waals surface area contributed by atoms with Crippen molar-refractivity contribution >= 4 is 40.2 Å². The Morgan fingerprint density at radius 3 is 3.05 bits per heavy atom. The third kappa shape index (κ3) is 2.32. The van der Waals surface area contributed by atoms with E-state index in [1.54, 1.807) is 10.7 Å². The molecular weight excluding hydrogens is 320 g/mol. The van der Waals surface area contributed by atoms with Gasteiger partial charge in [0.15, 0.2) is 0 Å². The number of aryl methyl sites for hydroxylation is 1. The molecule has 3 heterocycles. The van der Waals surface area contributed by atoms with Crippen LogP contribution in [0.4, 0.5) is 0 Å². The molecule has 3 aromatic heterocycles. The SMILES string of the molecule is Cn1c(CSc2nc3ncccn3n2)nc2cc(Cl)ccc21. The Labute approximate surface area is 135 Å². The van der Waals surface area contributed by atoms with Crippen molar-refractivity contribution in [2.75, 3.05) is 0 Å². The number of imidazole rings is 1. The molecule has 0 aliphatic heterocycles. The van der Waals surface area contributed by atoms with E-state index in [9.17, 15) is 0 Å². The van der Waals surface area contributed by atoms with Gasteiger partial charge in [-0.1, -0.05) is 23.4 Å². The van der Waals surface area contributed by atoms with Crippen LogP contribution < -0.4 is 0 Å². The van der Waals surface area contributed by atoms with Gasteiger partial charge in [-0.3, -0.25) is 0 Å². The first-order chi connectivity index (χ1) is 10.7. The fourth-order valence-electron chi connectivity index (χ4n) is 2.26. The van der Waals surface area contributed by atoms with Crippen molar-refractivity contribution in [2.45, 2.75) is 10.9 Å². The molecule has 0 saturated carbocycles. The maximum Gasteiger partial charge on any atom is 0.253 e. The molecule has 22 heavy (non-hydrogen) atoms. The van der Waals surface area contributed by atoms with Gasteiger partial charge in [-0.2, -0.15) is 4.98 Å². The minimum Gasteiger partial charge on any atom is -0.330 e. The van der Waals surface area contributed by atoms with Crippen LogP contribution in [0.2, 0.25) is 5.02 Å². The molecular formula is C14H11ClN6S. The first-order valence-electron chi connectivity index (χ1n) is 6.62. The first kappa shape index (κ1) is 13.5. The molecule has 0 aliphatic carbocycles. The van der Waals surface area contributed by atoms with Crippen molar-refractivity contribution in [3.8, 4) is 0 Å². The summed E-state index contributed by atoms with van der Waals surface area (Å²) in [4.78, 5) is 13.2. The molecule has 0 amide bonds. The van der Waals surface area contributed by atoms with Crippen molar-refractivity contribution in [1.82, 2.24) is 29.1 Å². The topological polar surface area (TPSA) is 60.9 Å². The first-order valence-corrected chi connectivity index (χ1v) is 7.98. The zero-order valence-electron chi connectivity index (χ0n) is 11.6. The maximum absolute atomic E-state index is 6.01. The summed E-state index contributed by atoms with van der Waals surface area (Å²) in [7, 11) is 2.00. The number of hydrogen-bond acceptors (Lipinski definition) is 5. The molecule has 8 heteroatoms. The summed E-state index contributed by atoms with van der Waals surface area (Å²) in [5.74, 6) is 2.23. The van der Waals surface area contributed by atoms with Crippen molar-refractivity contribution in [3.05, 3.63) is 47.5 Å². The van der Waals surface area contributed by atoms with Crippen molar-refractivity contribution < 1.29 is 0 Å². The summed E-state index contributed by atoms with van der Waals surface area (Å²) in [6.07, 6.45) is 3.53. The minimum atomic E-state index is 0.599. The van der Waals surface area contributed by atoms with Gasteiger partial charge in [-0.05, 0) is 24.3 Å². The van der Waals surface area contributed by atoms with Gasteiger partial charge in [-0.25, -0.2) is 14.5 Å². The van der Waals surface area contributed by atoms with Crippen molar-refractivity contribution in [3.63, 3.8) is 0 Å². The van der Waals surface area contributed by atoms with Crippen LogP contribution in [-0.2, 0) is 12.8 Å². The van der Waals surface area contributed by atoms with Crippen LogP contribution in [0.3, 0.4) is 0 Å². The molecule has 110 valence electrons. The monoisotopic (exact) mass is 330 g/mol. The molecule has 0 N–H and O–H groups in total. The number of thioether (sulfide) groups is 1. The summed E-state index contributed by atoms with van der Waals surface area (Å²) in [5, 5.41) is 5.75. The van der Waals surface area contributed by atoms with E-state index in [1.807, 2.05) is 37.5 Å². The number of benzene rings is 1. The molecule has 0 unspecified atom stereocenters. The van der Waals surface area contributed by atoms with Crippen LogP contribution in [0, 0.1) is 0 Å². The van der Waals surface area contributed by atoms with Gasteiger partial charge in [-0.15, -0.1) is 5.10 Å². The molecule has 1 aromatic carbocycles. The highest BCUT2D eigenvalue weighted by molar-refractivity contribution is 7.98. The molecule has 0 radical (unpaired) electrons. The second-order valence-electron chi connectivity index (χ2n) is 4.77. The number of fused-ring (bicyclic) bond motifs is 2. The molecule has 4 rings (SSSR count). The molecule has 0 bridgehead atoms. The number of rotatable bonds is 3. The Morgan fingerprint density at radius 2 is 2.18 bits per heavy atom. The lowest BCUT2D eigenvalue weighted by molar-refractivity contribution is 0.863. The molecule has 4 aromatic rings. The third-order valence-electron chi connectivity index (χ3n) is 3.36. The predicted molar refractivity (Wildman–Crippen MR) is 86.1 cm³/mol. The highest BCUT2D eigenvalue weighted by Crippen LogP contribution is 2.24. The summed E-state index contributed by atoms with van der Waals surface area (Å²) < 4.78 is 3.73. The lowest BCUT2D eigenvalue weighted by Crippen LogP contribution is -1.95. The van der Waals surface area contributed by atoms with Gasteiger partial charge < -0.3 is 4.57 Å². The zero-order chi connectivity index (χ0) is 15.1. The fourth-order valence-corrected chi connectivity index (χ4v) is 3.23. The number of aromatic nitrogens is 6. The van der Waals surface area contributed by atoms with Crippen molar-refractivity contribution in [2.24, 2.45) is 7.05 Å². The second kappa shape index (κ2) is 5.26. The summed E-state index contributed by atoms with van der Waals surface area (Å²) in [6, 6.07) is 7.55.